The van der Waals surface area contributed by atoms with E-state index in [-0.39, 0.29) is 17.7 Å². The second-order valence-electron chi connectivity index (χ2n) is 3.23. The molecular formula is C10H7Br2N3O2. The van der Waals surface area contributed by atoms with Crippen LogP contribution in [0.4, 0.5) is 0 Å². The van der Waals surface area contributed by atoms with Crippen molar-refractivity contribution in [2.75, 3.05) is 0 Å². The summed E-state index contributed by atoms with van der Waals surface area (Å²) in [5.41, 5.74) is 0.394. The predicted octanol–water partition coefficient (Wildman–Crippen LogP) is 1.85. The van der Waals surface area contributed by atoms with Crippen LogP contribution in [0, 0.1) is 0 Å². The Morgan fingerprint density at radius 3 is 2.65 bits per heavy atom. The van der Waals surface area contributed by atoms with Gasteiger partial charge in [0.25, 0.3) is 5.56 Å². The fourth-order valence-electron chi connectivity index (χ4n) is 1.24. The molecule has 7 heteroatoms. The third-order valence-electron chi connectivity index (χ3n) is 2.08. The van der Waals surface area contributed by atoms with E-state index >= 15 is 0 Å². The molecule has 0 amide bonds. The molecule has 0 aliphatic rings. The average Bonchev–Trinajstić information content (AvgIpc) is 2.29. The first-order chi connectivity index (χ1) is 8.11. The molecule has 5 nitrogen and oxygen atoms in total. The van der Waals surface area contributed by atoms with Gasteiger partial charge < -0.3 is 10.1 Å². The highest BCUT2D eigenvalue weighted by Crippen LogP contribution is 2.25. The quantitative estimate of drug-likeness (QED) is 0.856. The molecule has 2 aromatic rings. The maximum absolute atomic E-state index is 11.5. The van der Waals surface area contributed by atoms with Crippen molar-refractivity contribution in [2.45, 2.75) is 6.61 Å². The van der Waals surface area contributed by atoms with E-state index in [4.69, 9.17) is 5.11 Å². The molecule has 0 fully saturated rings. The minimum Gasteiger partial charge on any atom is -0.391 e. The summed E-state index contributed by atoms with van der Waals surface area (Å²) in [6.07, 6.45) is 2.95. The van der Waals surface area contributed by atoms with Crippen molar-refractivity contribution >= 4 is 31.9 Å². The fraction of sp³-hybridized carbons (Fsp3) is 0.100. The number of halogens is 2. The zero-order valence-corrected chi connectivity index (χ0v) is 11.6. The van der Waals surface area contributed by atoms with E-state index in [9.17, 15) is 4.79 Å². The summed E-state index contributed by atoms with van der Waals surface area (Å²) < 4.78 is 1.54. The molecule has 0 spiro atoms. The highest BCUT2D eigenvalue weighted by Gasteiger charge is 2.09. The second-order valence-corrected chi connectivity index (χ2v) is 5.00. The third-order valence-corrected chi connectivity index (χ3v) is 3.11. The number of hydrogen-bond acceptors (Lipinski definition) is 4. The topological polar surface area (TPSA) is 78.9 Å². The molecule has 0 unspecified atom stereocenters. The van der Waals surface area contributed by atoms with Gasteiger partial charge in [-0.3, -0.25) is 9.78 Å². The number of hydrogen-bond donors (Lipinski definition) is 2. The molecular weight excluding hydrogens is 354 g/mol. The van der Waals surface area contributed by atoms with Crippen molar-refractivity contribution < 1.29 is 5.11 Å². The third kappa shape index (κ3) is 2.62. The van der Waals surface area contributed by atoms with Crippen LogP contribution >= 0.6 is 31.9 Å². The number of H-pyrrole nitrogens is 1. The highest BCUT2D eigenvalue weighted by atomic mass is 79.9. The molecule has 0 saturated heterocycles. The van der Waals surface area contributed by atoms with E-state index < -0.39 is 0 Å². The maximum Gasteiger partial charge on any atom is 0.256 e. The number of pyridine rings is 1. The molecule has 2 aromatic heterocycles. The van der Waals surface area contributed by atoms with Gasteiger partial charge in [0, 0.05) is 21.3 Å². The van der Waals surface area contributed by atoms with E-state index in [1.807, 2.05) is 6.07 Å². The van der Waals surface area contributed by atoms with Gasteiger partial charge in [-0.05, 0) is 37.9 Å². The van der Waals surface area contributed by atoms with E-state index in [0.717, 1.165) is 4.47 Å². The van der Waals surface area contributed by atoms with Crippen LogP contribution in [0.25, 0.3) is 11.5 Å². The molecule has 0 saturated carbocycles. The molecule has 2 rings (SSSR count). The van der Waals surface area contributed by atoms with E-state index in [0.29, 0.717) is 16.0 Å². The van der Waals surface area contributed by atoms with E-state index in [2.05, 4.69) is 46.8 Å². The minimum absolute atomic E-state index is 0.224. The number of nitrogens with one attached hydrogen (secondary N) is 1. The Morgan fingerprint density at radius 2 is 2.06 bits per heavy atom. The number of aliphatic hydroxyl groups is 1. The number of rotatable bonds is 2. The van der Waals surface area contributed by atoms with Crippen LogP contribution in [0.15, 0.2) is 32.2 Å². The summed E-state index contributed by atoms with van der Waals surface area (Å²) in [6, 6.07) is 1.81. The van der Waals surface area contributed by atoms with Gasteiger partial charge in [-0.15, -0.1) is 0 Å². The summed E-state index contributed by atoms with van der Waals surface area (Å²) in [5, 5.41) is 8.88. The van der Waals surface area contributed by atoms with Crippen LogP contribution < -0.4 is 5.56 Å². The van der Waals surface area contributed by atoms with Crippen LogP contribution in [-0.2, 0) is 6.61 Å². The zero-order valence-electron chi connectivity index (χ0n) is 8.44. The lowest BCUT2D eigenvalue weighted by Gasteiger charge is -2.03. The lowest BCUT2D eigenvalue weighted by molar-refractivity contribution is 0.279. The molecule has 2 N–H and O–H groups in total. The summed E-state index contributed by atoms with van der Waals surface area (Å²) in [4.78, 5) is 22.3. The second kappa shape index (κ2) is 5.07. The first kappa shape index (κ1) is 12.4. The maximum atomic E-state index is 11.5. The average molecular weight is 361 g/mol. The molecule has 0 bridgehead atoms. The van der Waals surface area contributed by atoms with Gasteiger partial charge in [0.2, 0.25) is 0 Å². The van der Waals surface area contributed by atoms with Gasteiger partial charge in [-0.25, -0.2) is 4.98 Å². The number of nitrogens with zero attached hydrogens (tertiary/aromatic N) is 2. The molecule has 2 heterocycles. The molecule has 17 heavy (non-hydrogen) atoms. The number of aromatic nitrogens is 3. The van der Waals surface area contributed by atoms with Crippen molar-refractivity contribution in [3.05, 3.63) is 43.3 Å². The smallest absolute Gasteiger partial charge is 0.256 e. The van der Waals surface area contributed by atoms with Crippen LogP contribution in [0.3, 0.4) is 0 Å². The Morgan fingerprint density at radius 1 is 1.29 bits per heavy atom. The highest BCUT2D eigenvalue weighted by molar-refractivity contribution is 9.11. The summed E-state index contributed by atoms with van der Waals surface area (Å²) in [7, 11) is 0. The minimum atomic E-state index is -0.367. The Balaban J connectivity index is 2.54. The van der Waals surface area contributed by atoms with Crippen molar-refractivity contribution in [1.29, 1.82) is 0 Å². The molecule has 0 aromatic carbocycles. The molecule has 0 radical (unpaired) electrons. The standard InChI is InChI=1S/C10H7Br2N3O2/c11-6-1-7(12)8(13-3-6)9-14-2-5(4-16)10(17)15-9/h1-3,16H,4H2,(H,14,15,17). The Bertz CT molecular complexity index is 613. The van der Waals surface area contributed by atoms with Gasteiger partial charge in [-0.2, -0.15) is 0 Å². The van der Waals surface area contributed by atoms with Crippen LogP contribution in [0.1, 0.15) is 5.56 Å². The first-order valence-corrected chi connectivity index (χ1v) is 6.21. The Hall–Kier alpha value is -1.05. The van der Waals surface area contributed by atoms with Gasteiger partial charge >= 0.3 is 0 Å². The molecule has 88 valence electrons. The monoisotopic (exact) mass is 359 g/mol. The van der Waals surface area contributed by atoms with Gasteiger partial charge in [0.05, 0.1) is 12.2 Å². The first-order valence-electron chi connectivity index (χ1n) is 4.62. The number of aliphatic hydroxyl groups excluding tert-OH is 1. The van der Waals surface area contributed by atoms with E-state index in [1.54, 1.807) is 6.20 Å². The van der Waals surface area contributed by atoms with Crippen molar-refractivity contribution in [2.24, 2.45) is 0 Å². The van der Waals surface area contributed by atoms with Crippen LogP contribution in [-0.4, -0.2) is 20.1 Å². The summed E-state index contributed by atoms with van der Waals surface area (Å²) in [6.45, 7) is -0.336. The fourth-order valence-corrected chi connectivity index (χ4v) is 2.42. The molecule has 0 atom stereocenters. The van der Waals surface area contributed by atoms with Gasteiger partial charge in [0.1, 0.15) is 5.69 Å². The molecule has 0 aliphatic carbocycles. The van der Waals surface area contributed by atoms with Crippen LogP contribution in [0.2, 0.25) is 0 Å². The summed E-state index contributed by atoms with van der Waals surface area (Å²) in [5.74, 6) is 0.353. The predicted molar refractivity (Wildman–Crippen MR) is 69.4 cm³/mol. The summed E-state index contributed by atoms with van der Waals surface area (Å²) >= 11 is 6.63. The largest absolute Gasteiger partial charge is 0.391 e. The normalized spacial score (nSPS) is 10.5. The van der Waals surface area contributed by atoms with Gasteiger partial charge in [-0.1, -0.05) is 0 Å². The zero-order chi connectivity index (χ0) is 12.4. The van der Waals surface area contributed by atoms with Crippen molar-refractivity contribution in [3.8, 4) is 11.5 Å². The molecule has 0 aliphatic heterocycles. The Labute approximate surface area is 113 Å². The van der Waals surface area contributed by atoms with Gasteiger partial charge in [0.15, 0.2) is 5.82 Å². The van der Waals surface area contributed by atoms with Crippen molar-refractivity contribution in [1.82, 2.24) is 15.0 Å². The van der Waals surface area contributed by atoms with Crippen molar-refractivity contribution in [3.63, 3.8) is 0 Å². The lowest BCUT2D eigenvalue weighted by Crippen LogP contribution is -2.14. The Kier molecular flexibility index (Phi) is 3.70. The van der Waals surface area contributed by atoms with E-state index in [1.165, 1.54) is 6.20 Å². The van der Waals surface area contributed by atoms with Crippen LogP contribution in [0.5, 0.6) is 0 Å². The number of aromatic amines is 1. The SMILES string of the molecule is O=c1[nH]c(-c2ncc(Br)cc2Br)ncc1CO. The lowest BCUT2D eigenvalue weighted by atomic mass is 10.3.